The Kier molecular flexibility index (Phi) is 4.32. The highest BCUT2D eigenvalue weighted by atomic mass is 19.1. The van der Waals surface area contributed by atoms with Gasteiger partial charge < -0.3 is 19.5 Å². The molecule has 0 aliphatic carbocycles. The molecule has 0 atom stereocenters. The largest absolute Gasteiger partial charge is 0.491 e. The Hall–Kier alpha value is -2.76. The van der Waals surface area contributed by atoms with Crippen LogP contribution in [0.1, 0.15) is 22.8 Å². The molecule has 0 saturated carbocycles. The number of nitrogens with one attached hydrogen (secondary N) is 1. The Labute approximate surface area is 133 Å². The number of carbonyl (C=O) groups excluding carboxylic acids is 1. The molecule has 0 unspecified atom stereocenters. The van der Waals surface area contributed by atoms with Crippen LogP contribution >= 0.6 is 0 Å². The first-order valence-electron chi connectivity index (χ1n) is 7.26. The fourth-order valence-corrected chi connectivity index (χ4v) is 2.25. The Bertz CT molecular complexity index is 733. The highest BCUT2D eigenvalue weighted by Crippen LogP contribution is 2.32. The van der Waals surface area contributed by atoms with E-state index in [4.69, 9.17) is 14.2 Å². The van der Waals surface area contributed by atoms with Crippen LogP contribution in [0.4, 0.5) is 4.39 Å². The van der Waals surface area contributed by atoms with Gasteiger partial charge in [-0.25, -0.2) is 4.39 Å². The topological polar surface area (TPSA) is 56.8 Å². The minimum Gasteiger partial charge on any atom is -0.491 e. The number of hydrogen-bond donors (Lipinski definition) is 1. The lowest BCUT2D eigenvalue weighted by atomic mass is 10.1. The first-order chi connectivity index (χ1) is 11.2. The van der Waals surface area contributed by atoms with E-state index in [1.807, 2.05) is 0 Å². The number of benzene rings is 2. The van der Waals surface area contributed by atoms with E-state index in [0.29, 0.717) is 29.2 Å². The van der Waals surface area contributed by atoms with Crippen LogP contribution < -0.4 is 19.5 Å². The van der Waals surface area contributed by atoms with E-state index in [0.717, 1.165) is 0 Å². The minimum atomic E-state index is -0.443. The van der Waals surface area contributed by atoms with Gasteiger partial charge in [0.15, 0.2) is 23.1 Å². The van der Waals surface area contributed by atoms with Crippen LogP contribution in [0.25, 0.3) is 0 Å². The van der Waals surface area contributed by atoms with E-state index in [2.05, 4.69) is 5.32 Å². The third-order valence-electron chi connectivity index (χ3n) is 3.38. The summed E-state index contributed by atoms with van der Waals surface area (Å²) in [5.74, 6) is 0.664. The molecule has 3 rings (SSSR count). The zero-order valence-corrected chi connectivity index (χ0v) is 12.6. The Morgan fingerprint density at radius 3 is 2.83 bits per heavy atom. The maximum atomic E-state index is 13.8. The Morgan fingerprint density at radius 1 is 1.22 bits per heavy atom. The Balaban J connectivity index is 1.64. The van der Waals surface area contributed by atoms with Crippen molar-refractivity contribution < 1.29 is 23.4 Å². The van der Waals surface area contributed by atoms with Crippen molar-refractivity contribution in [1.82, 2.24) is 5.32 Å². The smallest absolute Gasteiger partial charge is 0.251 e. The van der Waals surface area contributed by atoms with Gasteiger partial charge in [0.2, 0.25) is 6.79 Å². The van der Waals surface area contributed by atoms with Crippen molar-refractivity contribution in [2.75, 3.05) is 13.4 Å². The zero-order valence-electron chi connectivity index (χ0n) is 12.6. The van der Waals surface area contributed by atoms with Gasteiger partial charge in [0, 0.05) is 12.1 Å². The van der Waals surface area contributed by atoms with Crippen molar-refractivity contribution in [3.8, 4) is 17.2 Å². The third-order valence-corrected chi connectivity index (χ3v) is 3.38. The SMILES string of the molecule is CCOc1ccc(CNC(=O)c2ccc3c(c2)OCO3)cc1F. The second-order valence-corrected chi connectivity index (χ2v) is 4.95. The maximum absolute atomic E-state index is 13.8. The van der Waals surface area contributed by atoms with Crippen LogP contribution in [-0.4, -0.2) is 19.3 Å². The van der Waals surface area contributed by atoms with Crippen molar-refractivity contribution in [2.45, 2.75) is 13.5 Å². The molecule has 0 aromatic heterocycles. The fraction of sp³-hybridized carbons (Fsp3) is 0.235. The molecule has 1 heterocycles. The molecule has 5 nitrogen and oxygen atoms in total. The fourth-order valence-electron chi connectivity index (χ4n) is 2.25. The number of ether oxygens (including phenoxy) is 3. The summed E-state index contributed by atoms with van der Waals surface area (Å²) in [6.07, 6.45) is 0. The lowest BCUT2D eigenvalue weighted by Gasteiger charge is -2.08. The highest BCUT2D eigenvalue weighted by molar-refractivity contribution is 5.94. The monoisotopic (exact) mass is 317 g/mol. The molecule has 0 spiro atoms. The van der Waals surface area contributed by atoms with Crippen molar-refractivity contribution in [3.05, 3.63) is 53.3 Å². The van der Waals surface area contributed by atoms with Gasteiger partial charge in [-0.1, -0.05) is 6.07 Å². The minimum absolute atomic E-state index is 0.159. The lowest BCUT2D eigenvalue weighted by molar-refractivity contribution is 0.0950. The molecular formula is C17H16FNO4. The molecule has 23 heavy (non-hydrogen) atoms. The highest BCUT2D eigenvalue weighted by Gasteiger charge is 2.16. The molecule has 0 saturated heterocycles. The van der Waals surface area contributed by atoms with Gasteiger partial charge in [0.25, 0.3) is 5.91 Å². The van der Waals surface area contributed by atoms with Crippen LogP contribution in [-0.2, 0) is 6.54 Å². The summed E-state index contributed by atoms with van der Waals surface area (Å²) in [7, 11) is 0. The molecule has 1 N–H and O–H groups in total. The van der Waals surface area contributed by atoms with E-state index in [-0.39, 0.29) is 25.0 Å². The van der Waals surface area contributed by atoms with Crippen molar-refractivity contribution >= 4 is 5.91 Å². The number of fused-ring (bicyclic) bond motifs is 1. The number of carbonyl (C=O) groups is 1. The number of hydrogen-bond acceptors (Lipinski definition) is 4. The predicted octanol–water partition coefficient (Wildman–Crippen LogP) is 2.88. The second-order valence-electron chi connectivity index (χ2n) is 4.95. The van der Waals surface area contributed by atoms with Crippen molar-refractivity contribution in [2.24, 2.45) is 0 Å². The van der Waals surface area contributed by atoms with Gasteiger partial charge in [-0.05, 0) is 42.8 Å². The third kappa shape index (κ3) is 3.36. The van der Waals surface area contributed by atoms with E-state index in [1.54, 1.807) is 37.3 Å². The average Bonchev–Trinajstić information content (AvgIpc) is 3.02. The number of rotatable bonds is 5. The quantitative estimate of drug-likeness (QED) is 0.921. The van der Waals surface area contributed by atoms with Gasteiger partial charge >= 0.3 is 0 Å². The van der Waals surface area contributed by atoms with Crippen LogP contribution in [0.15, 0.2) is 36.4 Å². The van der Waals surface area contributed by atoms with Gasteiger partial charge in [0.1, 0.15) is 0 Å². The summed E-state index contributed by atoms with van der Waals surface area (Å²) in [6.45, 7) is 2.57. The van der Waals surface area contributed by atoms with Crippen LogP contribution in [0.5, 0.6) is 17.2 Å². The van der Waals surface area contributed by atoms with Crippen LogP contribution in [0.2, 0.25) is 0 Å². The number of halogens is 1. The maximum Gasteiger partial charge on any atom is 0.251 e. The molecule has 1 amide bonds. The molecule has 120 valence electrons. The van der Waals surface area contributed by atoms with E-state index >= 15 is 0 Å². The van der Waals surface area contributed by atoms with Gasteiger partial charge in [-0.15, -0.1) is 0 Å². The summed E-state index contributed by atoms with van der Waals surface area (Å²) in [5.41, 5.74) is 1.11. The first-order valence-corrected chi connectivity index (χ1v) is 7.26. The Morgan fingerprint density at radius 2 is 2.04 bits per heavy atom. The molecule has 1 aliphatic heterocycles. The summed E-state index contributed by atoms with van der Waals surface area (Å²) in [4.78, 5) is 12.1. The van der Waals surface area contributed by atoms with Crippen molar-refractivity contribution in [3.63, 3.8) is 0 Å². The van der Waals surface area contributed by atoms with Gasteiger partial charge in [-0.2, -0.15) is 0 Å². The average molecular weight is 317 g/mol. The molecule has 0 fully saturated rings. The van der Waals surface area contributed by atoms with E-state index in [1.165, 1.54) is 6.07 Å². The zero-order chi connectivity index (χ0) is 16.2. The molecule has 0 bridgehead atoms. The standard InChI is InChI=1S/C17H16FNO4/c1-2-21-14-5-3-11(7-13(14)18)9-19-17(20)12-4-6-15-16(8-12)23-10-22-15/h3-8H,2,9-10H2,1H3,(H,19,20). The summed E-state index contributed by atoms with van der Waals surface area (Å²) in [5, 5.41) is 2.74. The van der Waals surface area contributed by atoms with Crippen LogP contribution in [0, 0.1) is 5.82 Å². The van der Waals surface area contributed by atoms with Crippen LogP contribution in [0.3, 0.4) is 0 Å². The van der Waals surface area contributed by atoms with E-state index < -0.39 is 5.82 Å². The molecule has 0 radical (unpaired) electrons. The van der Waals surface area contributed by atoms with Gasteiger partial charge in [-0.3, -0.25) is 4.79 Å². The molecule has 6 heteroatoms. The predicted molar refractivity (Wildman–Crippen MR) is 81.3 cm³/mol. The summed E-state index contributed by atoms with van der Waals surface area (Å²) < 4.78 is 29.3. The summed E-state index contributed by atoms with van der Waals surface area (Å²) >= 11 is 0. The summed E-state index contributed by atoms with van der Waals surface area (Å²) in [6, 6.07) is 9.59. The molecular weight excluding hydrogens is 301 g/mol. The molecule has 2 aromatic carbocycles. The van der Waals surface area contributed by atoms with Gasteiger partial charge in [0.05, 0.1) is 6.61 Å². The van der Waals surface area contributed by atoms with E-state index in [9.17, 15) is 9.18 Å². The molecule has 2 aromatic rings. The molecule has 1 aliphatic rings. The normalized spacial score (nSPS) is 12.1. The van der Waals surface area contributed by atoms with Crippen molar-refractivity contribution in [1.29, 1.82) is 0 Å². The number of amides is 1. The first kappa shape index (κ1) is 15.1. The second kappa shape index (κ2) is 6.56. The lowest BCUT2D eigenvalue weighted by Crippen LogP contribution is -2.22.